The molecule has 2 aliphatic rings. The van der Waals surface area contributed by atoms with Gasteiger partial charge in [-0.3, -0.25) is 19.1 Å². The number of rotatable bonds is 7. The van der Waals surface area contributed by atoms with Gasteiger partial charge >= 0.3 is 0 Å². The number of amides is 1. The van der Waals surface area contributed by atoms with Gasteiger partial charge in [0.15, 0.2) is 0 Å². The molecule has 1 aliphatic carbocycles. The highest BCUT2D eigenvalue weighted by Gasteiger charge is 2.29. The maximum absolute atomic E-state index is 14.6. The number of fused-ring (bicyclic) bond motifs is 1. The van der Waals surface area contributed by atoms with E-state index in [1.807, 2.05) is 19.9 Å². The van der Waals surface area contributed by atoms with E-state index < -0.39 is 5.82 Å². The van der Waals surface area contributed by atoms with E-state index in [2.05, 4.69) is 51.5 Å². The van der Waals surface area contributed by atoms with Crippen LogP contribution in [-0.4, -0.2) is 58.2 Å². The van der Waals surface area contributed by atoms with Crippen molar-refractivity contribution in [2.45, 2.75) is 77.8 Å². The third kappa shape index (κ3) is 6.85. The van der Waals surface area contributed by atoms with Crippen LogP contribution in [0.2, 0.25) is 5.02 Å². The fourth-order valence-corrected chi connectivity index (χ4v) is 7.31. The van der Waals surface area contributed by atoms with Crippen molar-refractivity contribution in [2.75, 3.05) is 37.0 Å². The number of nitrogens with one attached hydrogen (secondary N) is 2. The van der Waals surface area contributed by atoms with Crippen LogP contribution in [0.3, 0.4) is 0 Å². The first-order valence-electron chi connectivity index (χ1n) is 16.6. The molecular formula is C36H43ClFN7O2. The molecule has 0 unspecified atom stereocenters. The largest absolute Gasteiger partial charge is 0.358 e. The molecule has 2 aromatic heterocycles. The summed E-state index contributed by atoms with van der Waals surface area (Å²) in [6, 6.07) is 10.7. The van der Waals surface area contributed by atoms with Gasteiger partial charge in [-0.15, -0.1) is 0 Å². The van der Waals surface area contributed by atoms with Crippen molar-refractivity contribution in [2.24, 2.45) is 0 Å². The first kappa shape index (κ1) is 32.9. The number of halogens is 2. The number of aromatic nitrogens is 3. The van der Waals surface area contributed by atoms with Crippen molar-refractivity contribution in [1.29, 1.82) is 0 Å². The number of pyridine rings is 1. The van der Waals surface area contributed by atoms with Gasteiger partial charge in [-0.1, -0.05) is 30.7 Å². The van der Waals surface area contributed by atoms with Gasteiger partial charge in [-0.2, -0.15) is 4.98 Å². The Morgan fingerprint density at radius 2 is 1.85 bits per heavy atom. The third-order valence-corrected chi connectivity index (χ3v) is 9.99. The minimum atomic E-state index is -0.582. The molecule has 248 valence electrons. The highest BCUT2D eigenvalue weighted by Crippen LogP contribution is 2.36. The summed E-state index contributed by atoms with van der Waals surface area (Å²) in [6.45, 7) is 8.82. The van der Waals surface area contributed by atoms with Gasteiger partial charge in [-0.05, 0) is 101 Å². The Kier molecular flexibility index (Phi) is 9.80. The lowest BCUT2D eigenvalue weighted by molar-refractivity contribution is -0.121. The lowest BCUT2D eigenvalue weighted by atomic mass is 9.90. The number of carbonyl (C=O) groups excluding carboxylic acids is 1. The molecule has 3 heterocycles. The van der Waals surface area contributed by atoms with Crippen molar-refractivity contribution in [3.8, 4) is 11.1 Å². The minimum Gasteiger partial charge on any atom is -0.358 e. The lowest BCUT2D eigenvalue weighted by Gasteiger charge is -2.31. The molecule has 9 nitrogen and oxygen atoms in total. The predicted molar refractivity (Wildman–Crippen MR) is 187 cm³/mol. The molecule has 2 aromatic carbocycles. The van der Waals surface area contributed by atoms with E-state index in [4.69, 9.17) is 16.6 Å². The average Bonchev–Trinajstić information content (AvgIpc) is 3.27. The monoisotopic (exact) mass is 659 g/mol. The zero-order valence-corrected chi connectivity index (χ0v) is 28.3. The van der Waals surface area contributed by atoms with E-state index in [9.17, 15) is 14.0 Å². The van der Waals surface area contributed by atoms with Crippen molar-refractivity contribution < 1.29 is 9.18 Å². The van der Waals surface area contributed by atoms with Gasteiger partial charge in [0.1, 0.15) is 11.5 Å². The fraction of sp³-hybridized carbons (Fsp3) is 0.444. The van der Waals surface area contributed by atoms with Crippen molar-refractivity contribution in [1.82, 2.24) is 24.8 Å². The molecule has 0 bridgehead atoms. The first-order chi connectivity index (χ1) is 22.6. The summed E-state index contributed by atoms with van der Waals surface area (Å²) >= 11 is 6.44. The lowest BCUT2D eigenvalue weighted by Crippen LogP contribution is -2.39. The minimum absolute atomic E-state index is 0.0277. The van der Waals surface area contributed by atoms with Gasteiger partial charge in [0, 0.05) is 53.6 Å². The summed E-state index contributed by atoms with van der Waals surface area (Å²) in [7, 11) is 2.16. The Morgan fingerprint density at radius 3 is 2.60 bits per heavy atom. The number of hydrogen-bond donors (Lipinski definition) is 2. The molecule has 11 heteroatoms. The van der Waals surface area contributed by atoms with Crippen LogP contribution < -0.4 is 21.1 Å². The first-order valence-corrected chi connectivity index (χ1v) is 17.0. The van der Waals surface area contributed by atoms with Crippen LogP contribution in [0.15, 0.2) is 47.4 Å². The number of anilines is 3. The van der Waals surface area contributed by atoms with E-state index in [1.165, 1.54) is 18.2 Å². The molecule has 1 saturated heterocycles. The van der Waals surface area contributed by atoms with E-state index in [-0.39, 0.29) is 28.6 Å². The Labute approximate surface area is 280 Å². The molecule has 0 atom stereocenters. The number of benzene rings is 2. The predicted octanol–water partition coefficient (Wildman–Crippen LogP) is 7.11. The maximum atomic E-state index is 14.6. The molecule has 2 fully saturated rings. The maximum Gasteiger partial charge on any atom is 0.260 e. The third-order valence-electron chi connectivity index (χ3n) is 9.60. The summed E-state index contributed by atoms with van der Waals surface area (Å²) < 4.78 is 16.4. The van der Waals surface area contributed by atoms with Gasteiger partial charge in [0.2, 0.25) is 11.9 Å². The quantitative estimate of drug-likeness (QED) is 0.218. The SMILES string of the molecule is CCC(=O)N[C@H]1CC[C@@H](n2c(=O)c(-c3cccc(F)c3Cl)c(C)c3cnc(Nc4ccc(N5CCCCN(C)C5)c(C)c4)nc32)CC1. The molecule has 1 amide bonds. The van der Waals surface area contributed by atoms with Gasteiger partial charge in [-0.25, -0.2) is 9.37 Å². The molecule has 0 spiro atoms. The van der Waals surface area contributed by atoms with E-state index in [1.54, 1.807) is 22.9 Å². The summed E-state index contributed by atoms with van der Waals surface area (Å²) in [5.74, 6) is -0.172. The Morgan fingerprint density at radius 1 is 1.09 bits per heavy atom. The molecular weight excluding hydrogens is 617 g/mol. The molecule has 6 rings (SSSR count). The normalized spacial score (nSPS) is 19.1. The fourth-order valence-electron chi connectivity index (χ4n) is 7.08. The second-order valence-electron chi connectivity index (χ2n) is 13.0. The second kappa shape index (κ2) is 14.0. The molecule has 1 saturated carbocycles. The van der Waals surface area contributed by atoms with Crippen molar-refractivity contribution in [3.05, 3.63) is 74.9 Å². The topological polar surface area (TPSA) is 95.4 Å². The standard InChI is InChI=1S/C36H43ClFN7O2/c1-5-31(46)40-24-11-14-26(15-12-24)45-34-28(23(3)32(35(45)47)27-9-8-10-29(38)33(27)37)20-39-36(42-34)41-25-13-16-30(22(2)19-25)44-18-7-6-17-43(4)21-44/h8-10,13,16,19-20,24,26H,5-7,11-12,14-15,17-18,21H2,1-4H3,(H,40,46)(H,39,41,42)/t24-,26+. The molecule has 1 aliphatic heterocycles. The van der Waals surface area contributed by atoms with Gasteiger partial charge in [0.05, 0.1) is 17.3 Å². The summed E-state index contributed by atoms with van der Waals surface area (Å²) in [4.78, 5) is 40.9. The molecule has 2 N–H and O–H groups in total. The molecule has 47 heavy (non-hydrogen) atoms. The van der Waals surface area contributed by atoms with E-state index >= 15 is 0 Å². The van der Waals surface area contributed by atoms with Crippen molar-refractivity contribution in [3.63, 3.8) is 0 Å². The summed E-state index contributed by atoms with van der Waals surface area (Å²) in [5.41, 5.74) is 4.81. The van der Waals surface area contributed by atoms with Gasteiger partial charge in [0.25, 0.3) is 5.56 Å². The van der Waals surface area contributed by atoms with E-state index in [0.717, 1.165) is 50.3 Å². The number of aryl methyl sites for hydroxylation is 2. The smallest absolute Gasteiger partial charge is 0.260 e. The summed E-state index contributed by atoms with van der Waals surface area (Å²) in [6.07, 6.45) is 7.37. The zero-order valence-electron chi connectivity index (χ0n) is 27.6. The van der Waals surface area contributed by atoms with Crippen LogP contribution in [0.5, 0.6) is 0 Å². The van der Waals surface area contributed by atoms with Crippen molar-refractivity contribution >= 4 is 45.9 Å². The van der Waals surface area contributed by atoms with Crippen LogP contribution >= 0.6 is 11.6 Å². The van der Waals surface area contributed by atoms with Crippen LogP contribution in [0.25, 0.3) is 22.2 Å². The molecule has 0 radical (unpaired) electrons. The Balaban J connectivity index is 1.38. The number of nitrogens with zero attached hydrogens (tertiary/aromatic N) is 5. The van der Waals surface area contributed by atoms with Crippen LogP contribution in [0, 0.1) is 19.7 Å². The zero-order chi connectivity index (χ0) is 33.2. The Bertz CT molecular complexity index is 1850. The number of carbonyl (C=O) groups is 1. The second-order valence-corrected chi connectivity index (χ2v) is 13.3. The summed E-state index contributed by atoms with van der Waals surface area (Å²) in [5, 5.41) is 7.08. The Hall–Kier alpha value is -4.02. The highest BCUT2D eigenvalue weighted by molar-refractivity contribution is 6.33. The number of hydrogen-bond acceptors (Lipinski definition) is 7. The van der Waals surface area contributed by atoms with Crippen LogP contribution in [0.1, 0.15) is 69.0 Å². The van der Waals surface area contributed by atoms with Gasteiger partial charge < -0.3 is 15.5 Å². The van der Waals surface area contributed by atoms with E-state index in [0.29, 0.717) is 52.9 Å². The van der Waals surface area contributed by atoms with Crippen LogP contribution in [0.4, 0.5) is 21.7 Å². The highest BCUT2D eigenvalue weighted by atomic mass is 35.5. The average molecular weight is 660 g/mol. The van der Waals surface area contributed by atoms with Crippen LogP contribution in [-0.2, 0) is 4.79 Å². The molecule has 4 aromatic rings.